The fourth-order valence-corrected chi connectivity index (χ4v) is 1.98. The van der Waals surface area contributed by atoms with Crippen LogP contribution in [0.5, 0.6) is 5.75 Å². The van der Waals surface area contributed by atoms with Gasteiger partial charge in [-0.1, -0.05) is 27.7 Å². The van der Waals surface area contributed by atoms with Gasteiger partial charge in [0.25, 0.3) is 5.91 Å². The predicted molar refractivity (Wildman–Crippen MR) is 73.6 cm³/mol. The second-order valence-corrected chi connectivity index (χ2v) is 5.66. The van der Waals surface area contributed by atoms with Gasteiger partial charge in [0.05, 0.1) is 5.56 Å². The van der Waals surface area contributed by atoms with E-state index in [0.29, 0.717) is 24.9 Å². The van der Waals surface area contributed by atoms with Crippen LogP contribution >= 0.6 is 0 Å². The Hall–Kier alpha value is -1.58. The first-order valence-electron chi connectivity index (χ1n) is 6.59. The van der Waals surface area contributed by atoms with Gasteiger partial charge in [0, 0.05) is 19.2 Å². The lowest BCUT2D eigenvalue weighted by molar-refractivity contribution is 0.0712. The van der Waals surface area contributed by atoms with Crippen molar-refractivity contribution in [2.24, 2.45) is 11.8 Å². The Morgan fingerprint density at radius 2 is 1.74 bits per heavy atom. The quantitative estimate of drug-likeness (QED) is 0.889. The molecule has 0 heterocycles. The first-order valence-corrected chi connectivity index (χ1v) is 6.59. The molecule has 0 radical (unpaired) electrons. The van der Waals surface area contributed by atoms with Crippen LogP contribution < -0.4 is 0 Å². The van der Waals surface area contributed by atoms with Crippen molar-refractivity contribution < 1.29 is 14.3 Å². The Kier molecular flexibility index (Phi) is 5.33. The van der Waals surface area contributed by atoms with Crippen LogP contribution in [0.1, 0.15) is 38.1 Å². The van der Waals surface area contributed by atoms with Crippen molar-refractivity contribution in [2.75, 3.05) is 13.1 Å². The van der Waals surface area contributed by atoms with Crippen LogP contribution in [0.15, 0.2) is 18.2 Å². The average Bonchev–Trinajstić information content (AvgIpc) is 2.26. The highest BCUT2D eigenvalue weighted by molar-refractivity contribution is 5.96. The Morgan fingerprint density at radius 1 is 1.21 bits per heavy atom. The number of amides is 1. The molecule has 1 amide bonds. The SMILES string of the molecule is CC(C)CN(CC(C)C)C(=O)c1ccc(F)cc1O. The van der Waals surface area contributed by atoms with E-state index in [2.05, 4.69) is 0 Å². The smallest absolute Gasteiger partial charge is 0.257 e. The molecule has 0 bridgehead atoms. The lowest BCUT2D eigenvalue weighted by atomic mass is 10.1. The summed E-state index contributed by atoms with van der Waals surface area (Å²) in [6.07, 6.45) is 0. The van der Waals surface area contributed by atoms with Crippen molar-refractivity contribution in [1.82, 2.24) is 4.90 Å². The molecule has 0 fully saturated rings. The third-order valence-corrected chi connectivity index (χ3v) is 2.65. The van der Waals surface area contributed by atoms with Crippen LogP contribution in [0.3, 0.4) is 0 Å². The van der Waals surface area contributed by atoms with Gasteiger partial charge in [0.1, 0.15) is 11.6 Å². The molecule has 0 aliphatic rings. The summed E-state index contributed by atoms with van der Waals surface area (Å²) in [5, 5.41) is 9.69. The molecule has 0 spiro atoms. The lowest BCUT2D eigenvalue weighted by Gasteiger charge is -2.26. The molecule has 1 N–H and O–H groups in total. The van der Waals surface area contributed by atoms with Gasteiger partial charge in [-0.2, -0.15) is 0 Å². The van der Waals surface area contributed by atoms with Crippen molar-refractivity contribution >= 4 is 5.91 Å². The Morgan fingerprint density at radius 3 is 2.16 bits per heavy atom. The van der Waals surface area contributed by atoms with E-state index >= 15 is 0 Å². The molecule has 1 aromatic rings. The second-order valence-electron chi connectivity index (χ2n) is 5.66. The van der Waals surface area contributed by atoms with E-state index in [4.69, 9.17) is 0 Å². The highest BCUT2D eigenvalue weighted by Crippen LogP contribution is 2.21. The standard InChI is InChI=1S/C15H22FNO2/c1-10(2)8-17(9-11(3)4)15(19)13-6-5-12(16)7-14(13)18/h5-7,10-11,18H,8-9H2,1-4H3. The van der Waals surface area contributed by atoms with Crippen molar-refractivity contribution in [3.8, 4) is 5.75 Å². The summed E-state index contributed by atoms with van der Waals surface area (Å²) < 4.78 is 12.9. The Labute approximate surface area is 114 Å². The fourth-order valence-electron chi connectivity index (χ4n) is 1.98. The van der Waals surface area contributed by atoms with E-state index in [1.165, 1.54) is 12.1 Å². The number of aromatic hydroxyl groups is 1. The number of phenols is 1. The molecular formula is C15H22FNO2. The van der Waals surface area contributed by atoms with E-state index < -0.39 is 5.82 Å². The summed E-state index contributed by atoms with van der Waals surface area (Å²) in [7, 11) is 0. The van der Waals surface area contributed by atoms with E-state index in [0.717, 1.165) is 6.07 Å². The van der Waals surface area contributed by atoms with Crippen LogP contribution in [0, 0.1) is 17.7 Å². The van der Waals surface area contributed by atoms with E-state index in [1.807, 2.05) is 27.7 Å². The zero-order chi connectivity index (χ0) is 14.6. The van der Waals surface area contributed by atoms with Crippen molar-refractivity contribution in [3.05, 3.63) is 29.6 Å². The molecule has 3 nitrogen and oxygen atoms in total. The van der Waals surface area contributed by atoms with Gasteiger partial charge in [0.15, 0.2) is 0 Å². The number of hydrogen-bond donors (Lipinski definition) is 1. The minimum Gasteiger partial charge on any atom is -0.507 e. The lowest BCUT2D eigenvalue weighted by Crippen LogP contribution is -2.37. The average molecular weight is 267 g/mol. The molecule has 0 saturated carbocycles. The fraction of sp³-hybridized carbons (Fsp3) is 0.533. The largest absolute Gasteiger partial charge is 0.507 e. The van der Waals surface area contributed by atoms with Crippen LogP contribution in [-0.4, -0.2) is 29.0 Å². The molecule has 1 rings (SSSR count). The predicted octanol–water partition coefficient (Wildman–Crippen LogP) is 3.29. The molecule has 0 aliphatic heterocycles. The normalized spacial score (nSPS) is 11.1. The first-order chi connectivity index (χ1) is 8.81. The first kappa shape index (κ1) is 15.5. The Balaban J connectivity index is 2.97. The van der Waals surface area contributed by atoms with Gasteiger partial charge in [-0.3, -0.25) is 4.79 Å². The molecule has 19 heavy (non-hydrogen) atoms. The molecule has 4 heteroatoms. The number of benzene rings is 1. The molecule has 0 saturated heterocycles. The van der Waals surface area contributed by atoms with Crippen molar-refractivity contribution in [2.45, 2.75) is 27.7 Å². The minimum absolute atomic E-state index is 0.155. The molecular weight excluding hydrogens is 245 g/mol. The molecule has 106 valence electrons. The number of hydrogen-bond acceptors (Lipinski definition) is 2. The summed E-state index contributed by atoms with van der Waals surface area (Å²) >= 11 is 0. The highest BCUT2D eigenvalue weighted by atomic mass is 19.1. The zero-order valence-corrected chi connectivity index (χ0v) is 12.0. The van der Waals surface area contributed by atoms with Crippen molar-refractivity contribution in [3.63, 3.8) is 0 Å². The van der Waals surface area contributed by atoms with Crippen LogP contribution in [0.2, 0.25) is 0 Å². The monoisotopic (exact) mass is 267 g/mol. The van der Waals surface area contributed by atoms with Gasteiger partial charge in [-0.15, -0.1) is 0 Å². The number of nitrogens with zero attached hydrogens (tertiary/aromatic N) is 1. The topological polar surface area (TPSA) is 40.5 Å². The summed E-state index contributed by atoms with van der Waals surface area (Å²) in [4.78, 5) is 14.1. The van der Waals surface area contributed by atoms with Crippen molar-refractivity contribution in [1.29, 1.82) is 0 Å². The summed E-state index contributed by atoms with van der Waals surface area (Å²) in [6.45, 7) is 9.37. The van der Waals surface area contributed by atoms with Gasteiger partial charge in [0.2, 0.25) is 0 Å². The van der Waals surface area contributed by atoms with Crippen LogP contribution in [-0.2, 0) is 0 Å². The van der Waals surface area contributed by atoms with Crippen LogP contribution in [0.25, 0.3) is 0 Å². The minimum atomic E-state index is -0.548. The zero-order valence-electron chi connectivity index (χ0n) is 12.0. The highest BCUT2D eigenvalue weighted by Gasteiger charge is 2.20. The van der Waals surface area contributed by atoms with Gasteiger partial charge >= 0.3 is 0 Å². The van der Waals surface area contributed by atoms with Gasteiger partial charge in [-0.25, -0.2) is 4.39 Å². The number of halogens is 1. The maximum absolute atomic E-state index is 12.9. The van der Waals surface area contributed by atoms with E-state index in [-0.39, 0.29) is 17.2 Å². The molecule has 1 aromatic carbocycles. The third kappa shape index (κ3) is 4.54. The number of phenolic OH excluding ortho intramolecular Hbond substituents is 1. The van der Waals surface area contributed by atoms with Gasteiger partial charge < -0.3 is 10.0 Å². The Bertz CT molecular complexity index is 434. The summed E-state index contributed by atoms with van der Waals surface area (Å²) in [5.41, 5.74) is 0.155. The molecule has 0 atom stereocenters. The maximum atomic E-state index is 12.9. The van der Waals surface area contributed by atoms with E-state index in [1.54, 1.807) is 4.90 Å². The summed E-state index contributed by atoms with van der Waals surface area (Å²) in [5.74, 6) is -0.425. The summed E-state index contributed by atoms with van der Waals surface area (Å²) in [6, 6.07) is 3.49. The maximum Gasteiger partial charge on any atom is 0.257 e. The molecule has 0 aliphatic carbocycles. The van der Waals surface area contributed by atoms with Gasteiger partial charge in [-0.05, 0) is 24.0 Å². The number of carbonyl (C=O) groups excluding carboxylic acids is 1. The molecule has 0 aromatic heterocycles. The third-order valence-electron chi connectivity index (χ3n) is 2.65. The van der Waals surface area contributed by atoms with E-state index in [9.17, 15) is 14.3 Å². The molecule has 0 unspecified atom stereocenters. The number of carbonyl (C=O) groups is 1. The number of rotatable bonds is 5. The van der Waals surface area contributed by atoms with Crippen LogP contribution in [0.4, 0.5) is 4.39 Å². The second kappa shape index (κ2) is 6.55.